The molecule has 0 aliphatic heterocycles. The van der Waals surface area contributed by atoms with Gasteiger partial charge in [0.1, 0.15) is 12.4 Å². The molecule has 4 nitrogen and oxygen atoms in total. The first kappa shape index (κ1) is 15.5. The summed E-state index contributed by atoms with van der Waals surface area (Å²) in [4.78, 5) is 11.6. The molecule has 0 bridgehead atoms. The Morgan fingerprint density at radius 1 is 1.32 bits per heavy atom. The van der Waals surface area contributed by atoms with E-state index in [1.165, 1.54) is 7.11 Å². The van der Waals surface area contributed by atoms with Crippen LogP contribution in [0.2, 0.25) is 0 Å². The minimum absolute atomic E-state index is 0.267. The molecular weight excluding hydrogens is 242 g/mol. The highest BCUT2D eigenvalue weighted by Crippen LogP contribution is 2.23. The predicted octanol–water partition coefficient (Wildman–Crippen LogP) is 2.37. The van der Waals surface area contributed by atoms with Crippen LogP contribution in [0.4, 0.5) is 0 Å². The molecule has 4 heteroatoms. The maximum atomic E-state index is 11.6. The summed E-state index contributed by atoms with van der Waals surface area (Å²) in [5.41, 5.74) is 0.435. The van der Waals surface area contributed by atoms with E-state index in [1.54, 1.807) is 0 Å². The number of hydrogen-bond acceptors (Lipinski definition) is 4. The second-order valence-corrected chi connectivity index (χ2v) is 5.05. The van der Waals surface area contributed by atoms with Gasteiger partial charge in [-0.15, -0.1) is 0 Å². The van der Waals surface area contributed by atoms with E-state index in [2.05, 4.69) is 12.2 Å². The Bertz CT molecular complexity index is 416. The fourth-order valence-corrected chi connectivity index (χ4v) is 1.64. The predicted molar refractivity (Wildman–Crippen MR) is 75.1 cm³/mol. The topological polar surface area (TPSA) is 47.6 Å². The summed E-state index contributed by atoms with van der Waals surface area (Å²) in [6.45, 7) is 7.64. The first-order valence-electron chi connectivity index (χ1n) is 6.51. The highest BCUT2D eigenvalue weighted by atomic mass is 16.5. The second-order valence-electron chi connectivity index (χ2n) is 5.05. The van der Waals surface area contributed by atoms with Crippen molar-refractivity contribution in [2.45, 2.75) is 27.3 Å². The number of benzene rings is 1. The van der Waals surface area contributed by atoms with Crippen LogP contribution in [0.1, 0.15) is 26.3 Å². The molecule has 0 aromatic heterocycles. The summed E-state index contributed by atoms with van der Waals surface area (Å²) in [7, 11) is 1.39. The molecule has 0 aliphatic carbocycles. The van der Waals surface area contributed by atoms with Crippen LogP contribution in [0.3, 0.4) is 0 Å². The maximum absolute atomic E-state index is 11.6. The van der Waals surface area contributed by atoms with Crippen molar-refractivity contribution in [3.8, 4) is 5.75 Å². The van der Waals surface area contributed by atoms with E-state index in [4.69, 9.17) is 9.47 Å². The quantitative estimate of drug-likeness (QED) is 0.769. The SMILES string of the molecule is CCNCc1ccccc1OCC(C)(C)C(=O)OC. The van der Waals surface area contributed by atoms with E-state index in [-0.39, 0.29) is 5.97 Å². The summed E-state index contributed by atoms with van der Waals surface area (Å²) < 4.78 is 10.5. The lowest BCUT2D eigenvalue weighted by Crippen LogP contribution is -2.32. The number of ether oxygens (including phenoxy) is 2. The fourth-order valence-electron chi connectivity index (χ4n) is 1.64. The van der Waals surface area contributed by atoms with Crippen LogP contribution in [0, 0.1) is 5.41 Å². The van der Waals surface area contributed by atoms with E-state index in [1.807, 2.05) is 38.1 Å². The maximum Gasteiger partial charge on any atom is 0.314 e. The number of para-hydroxylation sites is 1. The van der Waals surface area contributed by atoms with Crippen LogP contribution in [0.5, 0.6) is 5.75 Å². The van der Waals surface area contributed by atoms with Gasteiger partial charge in [-0.25, -0.2) is 0 Å². The molecule has 0 unspecified atom stereocenters. The summed E-state index contributed by atoms with van der Waals surface area (Å²) in [6.07, 6.45) is 0. The molecule has 0 saturated heterocycles. The van der Waals surface area contributed by atoms with Crippen molar-refractivity contribution in [3.05, 3.63) is 29.8 Å². The van der Waals surface area contributed by atoms with Crippen LogP contribution in [0.25, 0.3) is 0 Å². The van der Waals surface area contributed by atoms with E-state index in [0.29, 0.717) is 6.61 Å². The summed E-state index contributed by atoms with van der Waals surface area (Å²) in [5.74, 6) is 0.539. The van der Waals surface area contributed by atoms with E-state index >= 15 is 0 Å². The number of nitrogens with one attached hydrogen (secondary N) is 1. The Labute approximate surface area is 115 Å². The van der Waals surface area contributed by atoms with Gasteiger partial charge in [-0.1, -0.05) is 25.1 Å². The molecule has 0 amide bonds. The van der Waals surface area contributed by atoms with Gasteiger partial charge in [-0.2, -0.15) is 0 Å². The zero-order valence-corrected chi connectivity index (χ0v) is 12.2. The monoisotopic (exact) mass is 265 g/mol. The van der Waals surface area contributed by atoms with Gasteiger partial charge in [0.25, 0.3) is 0 Å². The van der Waals surface area contributed by atoms with Crippen LogP contribution >= 0.6 is 0 Å². The van der Waals surface area contributed by atoms with Gasteiger partial charge in [0.2, 0.25) is 0 Å². The average Bonchev–Trinajstić information content (AvgIpc) is 2.42. The van der Waals surface area contributed by atoms with Crippen molar-refractivity contribution in [1.29, 1.82) is 0 Å². The first-order valence-corrected chi connectivity index (χ1v) is 6.51. The summed E-state index contributed by atoms with van der Waals surface area (Å²) >= 11 is 0. The third kappa shape index (κ3) is 4.56. The molecule has 0 spiro atoms. The van der Waals surface area contributed by atoms with Crippen molar-refractivity contribution in [2.75, 3.05) is 20.3 Å². The van der Waals surface area contributed by atoms with Crippen LogP contribution < -0.4 is 10.1 Å². The molecule has 19 heavy (non-hydrogen) atoms. The van der Waals surface area contributed by atoms with E-state index in [9.17, 15) is 4.79 Å². The number of rotatable bonds is 7. The van der Waals surface area contributed by atoms with Crippen molar-refractivity contribution in [3.63, 3.8) is 0 Å². The molecule has 0 saturated carbocycles. The lowest BCUT2D eigenvalue weighted by molar-refractivity contribution is -0.152. The Morgan fingerprint density at radius 3 is 2.63 bits per heavy atom. The smallest absolute Gasteiger partial charge is 0.314 e. The molecule has 0 atom stereocenters. The molecule has 0 fully saturated rings. The largest absolute Gasteiger partial charge is 0.492 e. The lowest BCUT2D eigenvalue weighted by Gasteiger charge is -2.22. The zero-order chi connectivity index (χ0) is 14.3. The van der Waals surface area contributed by atoms with Gasteiger partial charge in [0.05, 0.1) is 12.5 Å². The van der Waals surface area contributed by atoms with E-state index in [0.717, 1.165) is 24.4 Å². The molecular formula is C15H23NO3. The molecule has 1 aromatic carbocycles. The number of carbonyl (C=O) groups excluding carboxylic acids is 1. The van der Waals surface area contributed by atoms with Gasteiger partial charge < -0.3 is 14.8 Å². The van der Waals surface area contributed by atoms with Gasteiger partial charge in [0, 0.05) is 12.1 Å². The summed E-state index contributed by atoms with van der Waals surface area (Å²) in [5, 5.41) is 3.26. The van der Waals surface area contributed by atoms with Crippen molar-refractivity contribution in [1.82, 2.24) is 5.32 Å². The van der Waals surface area contributed by atoms with Gasteiger partial charge >= 0.3 is 5.97 Å². The number of hydrogen-bond donors (Lipinski definition) is 1. The standard InChI is InChI=1S/C15H23NO3/c1-5-16-10-12-8-6-7-9-13(12)19-11-15(2,3)14(17)18-4/h6-9,16H,5,10-11H2,1-4H3. The third-order valence-corrected chi connectivity index (χ3v) is 2.86. The second kappa shape index (κ2) is 7.14. The number of esters is 1. The Morgan fingerprint density at radius 2 is 2.00 bits per heavy atom. The normalized spacial score (nSPS) is 11.2. The van der Waals surface area contributed by atoms with E-state index < -0.39 is 5.41 Å². The van der Waals surface area contributed by atoms with Crippen molar-refractivity contribution < 1.29 is 14.3 Å². The Balaban J connectivity index is 2.69. The lowest BCUT2D eigenvalue weighted by atomic mass is 9.95. The van der Waals surface area contributed by atoms with Crippen LogP contribution in [-0.4, -0.2) is 26.2 Å². The highest BCUT2D eigenvalue weighted by molar-refractivity contribution is 5.75. The third-order valence-electron chi connectivity index (χ3n) is 2.86. The van der Waals surface area contributed by atoms with Crippen molar-refractivity contribution >= 4 is 5.97 Å². The molecule has 1 N–H and O–H groups in total. The minimum Gasteiger partial charge on any atom is -0.492 e. The molecule has 0 heterocycles. The van der Waals surface area contributed by atoms with Crippen LogP contribution in [-0.2, 0) is 16.1 Å². The molecule has 106 valence electrons. The highest BCUT2D eigenvalue weighted by Gasteiger charge is 2.29. The van der Waals surface area contributed by atoms with Gasteiger partial charge in [0.15, 0.2) is 0 Å². The zero-order valence-electron chi connectivity index (χ0n) is 12.2. The Kier molecular flexibility index (Phi) is 5.83. The van der Waals surface area contributed by atoms with Crippen LogP contribution in [0.15, 0.2) is 24.3 Å². The Hall–Kier alpha value is -1.55. The van der Waals surface area contributed by atoms with Gasteiger partial charge in [-0.05, 0) is 26.5 Å². The summed E-state index contributed by atoms with van der Waals surface area (Å²) in [6, 6.07) is 7.84. The molecule has 0 aliphatic rings. The molecule has 1 rings (SSSR count). The molecule has 1 aromatic rings. The fraction of sp³-hybridized carbons (Fsp3) is 0.533. The minimum atomic E-state index is -0.653. The first-order chi connectivity index (χ1) is 9.01. The van der Waals surface area contributed by atoms with Gasteiger partial charge in [-0.3, -0.25) is 4.79 Å². The average molecular weight is 265 g/mol. The number of methoxy groups -OCH3 is 1. The van der Waals surface area contributed by atoms with Crippen molar-refractivity contribution in [2.24, 2.45) is 5.41 Å². The number of carbonyl (C=O) groups is 1. The molecule has 0 radical (unpaired) electrons.